The van der Waals surface area contributed by atoms with Crippen molar-refractivity contribution in [2.75, 3.05) is 6.61 Å². The number of allylic oxidation sites excluding steroid dienone is 1. The third-order valence-corrected chi connectivity index (χ3v) is 7.84. The van der Waals surface area contributed by atoms with Crippen LogP contribution in [0.3, 0.4) is 0 Å². The van der Waals surface area contributed by atoms with Crippen LogP contribution in [0.5, 0.6) is 23.0 Å². The fourth-order valence-corrected chi connectivity index (χ4v) is 5.49. The number of fused-ring (bicyclic) bond motifs is 2. The quantitative estimate of drug-likeness (QED) is 0.136. The minimum absolute atomic E-state index is 0.0406. The van der Waals surface area contributed by atoms with Gasteiger partial charge in [0.1, 0.15) is 35.3 Å². The van der Waals surface area contributed by atoms with Crippen LogP contribution in [-0.2, 0) is 6.61 Å². The van der Waals surface area contributed by atoms with Gasteiger partial charge >= 0.3 is 5.97 Å². The molecule has 1 aromatic heterocycles. The minimum Gasteiger partial charge on any atom is -0.490 e. The first kappa shape index (κ1) is 29.7. The lowest BCUT2D eigenvalue weighted by atomic mass is 9.83. The van der Waals surface area contributed by atoms with Crippen molar-refractivity contribution in [3.63, 3.8) is 0 Å². The van der Waals surface area contributed by atoms with Gasteiger partial charge in [-0.2, -0.15) is 5.26 Å². The van der Waals surface area contributed by atoms with E-state index >= 15 is 0 Å². The highest BCUT2D eigenvalue weighted by atomic mass is 35.5. The number of furan rings is 1. The predicted molar refractivity (Wildman–Crippen MR) is 170 cm³/mol. The average Bonchev–Trinajstić information content (AvgIpc) is 3.36. The van der Waals surface area contributed by atoms with Crippen LogP contribution < -0.4 is 24.7 Å². The Morgan fingerprint density at radius 1 is 0.978 bits per heavy atom. The Balaban J connectivity index is 1.29. The molecule has 0 saturated heterocycles. The lowest BCUT2D eigenvalue weighted by Gasteiger charge is -2.27. The Kier molecular flexibility index (Phi) is 8.12. The molecule has 1 aliphatic heterocycles. The number of nitrogens with two attached hydrogens (primary N) is 1. The van der Waals surface area contributed by atoms with Gasteiger partial charge in [0.15, 0.2) is 11.5 Å². The molecule has 4 aromatic carbocycles. The molecule has 0 radical (unpaired) electrons. The van der Waals surface area contributed by atoms with Crippen LogP contribution in [0.4, 0.5) is 0 Å². The topological polar surface area (TPSA) is 117 Å². The van der Waals surface area contributed by atoms with Crippen molar-refractivity contribution in [3.05, 3.63) is 129 Å². The van der Waals surface area contributed by atoms with Crippen LogP contribution in [0.15, 0.2) is 94.7 Å². The summed E-state index contributed by atoms with van der Waals surface area (Å²) in [7, 11) is 0. The van der Waals surface area contributed by atoms with Gasteiger partial charge < -0.3 is 29.1 Å². The highest BCUT2D eigenvalue weighted by Crippen LogP contribution is 2.45. The second-order valence-electron chi connectivity index (χ2n) is 10.6. The first-order chi connectivity index (χ1) is 21.7. The zero-order valence-corrected chi connectivity index (χ0v) is 25.6. The van der Waals surface area contributed by atoms with Gasteiger partial charge in [0.05, 0.1) is 12.5 Å². The molecule has 2 N–H and O–H groups in total. The summed E-state index contributed by atoms with van der Waals surface area (Å²) < 4.78 is 29.3. The molecule has 1 atom stereocenters. The molecule has 0 fully saturated rings. The molecule has 9 heteroatoms. The first-order valence-corrected chi connectivity index (χ1v) is 14.7. The number of benzene rings is 4. The van der Waals surface area contributed by atoms with Crippen LogP contribution in [0.2, 0.25) is 5.02 Å². The minimum atomic E-state index is -0.670. The molecule has 1 aliphatic rings. The average molecular weight is 621 g/mol. The second-order valence-corrected chi connectivity index (χ2v) is 11.1. The Morgan fingerprint density at radius 3 is 2.53 bits per heavy atom. The van der Waals surface area contributed by atoms with Crippen molar-refractivity contribution in [2.24, 2.45) is 5.73 Å². The Morgan fingerprint density at radius 2 is 1.78 bits per heavy atom. The van der Waals surface area contributed by atoms with Gasteiger partial charge in [-0.25, -0.2) is 4.79 Å². The number of nitriles is 1. The fourth-order valence-electron chi connectivity index (χ4n) is 5.32. The Bertz CT molecular complexity index is 2010. The van der Waals surface area contributed by atoms with E-state index in [1.807, 2.05) is 56.3 Å². The molecule has 1 unspecified atom stereocenters. The molecule has 2 heterocycles. The number of ether oxygens (including phenoxy) is 4. The van der Waals surface area contributed by atoms with Crippen LogP contribution in [0.25, 0.3) is 11.0 Å². The summed E-state index contributed by atoms with van der Waals surface area (Å²) in [5.41, 5.74) is 11.3. The van der Waals surface area contributed by atoms with Crippen molar-refractivity contribution in [3.8, 4) is 29.1 Å². The lowest BCUT2D eigenvalue weighted by molar-refractivity contribution is 0.0702. The maximum atomic E-state index is 13.1. The number of hydrogen-bond acceptors (Lipinski definition) is 8. The molecule has 0 amide bonds. The van der Waals surface area contributed by atoms with Gasteiger partial charge in [-0.1, -0.05) is 53.6 Å². The molecular formula is C36H29ClN2O6. The van der Waals surface area contributed by atoms with Crippen LogP contribution in [0, 0.1) is 25.2 Å². The van der Waals surface area contributed by atoms with Crippen molar-refractivity contribution >= 4 is 28.5 Å². The van der Waals surface area contributed by atoms with Gasteiger partial charge in [0, 0.05) is 27.6 Å². The zero-order chi connectivity index (χ0) is 31.7. The summed E-state index contributed by atoms with van der Waals surface area (Å²) in [5, 5.41) is 11.3. The van der Waals surface area contributed by atoms with E-state index in [0.717, 1.165) is 16.5 Å². The third-order valence-electron chi connectivity index (χ3n) is 7.60. The fraction of sp³-hybridized carbons (Fsp3) is 0.167. The van der Waals surface area contributed by atoms with Crippen molar-refractivity contribution < 1.29 is 28.2 Å². The maximum Gasteiger partial charge on any atom is 0.379 e. The van der Waals surface area contributed by atoms with Crippen LogP contribution in [0.1, 0.15) is 51.2 Å². The lowest BCUT2D eigenvalue weighted by Crippen LogP contribution is -2.21. The van der Waals surface area contributed by atoms with E-state index in [1.165, 1.54) is 5.56 Å². The van der Waals surface area contributed by atoms with E-state index in [1.54, 1.807) is 43.3 Å². The van der Waals surface area contributed by atoms with E-state index in [4.69, 9.17) is 40.7 Å². The third kappa shape index (κ3) is 5.91. The largest absolute Gasteiger partial charge is 0.490 e. The SMILES string of the molecule is CCOc1cc(C2C(C#N)=C(N)Oc3cc(OC(=O)c4oc5ccc(Cl)cc5c4C)ccc32)ccc1OCc1ccc(C)cc1. The number of carbonyl (C=O) groups is 1. The number of aryl methyl sites for hydroxylation is 2. The molecule has 45 heavy (non-hydrogen) atoms. The number of carbonyl (C=O) groups excluding carboxylic acids is 1. The number of halogens is 1. The summed E-state index contributed by atoms with van der Waals surface area (Å²) >= 11 is 6.12. The zero-order valence-electron chi connectivity index (χ0n) is 24.8. The highest BCUT2D eigenvalue weighted by Gasteiger charge is 2.32. The molecule has 0 spiro atoms. The van der Waals surface area contributed by atoms with Gasteiger partial charge in [0.25, 0.3) is 0 Å². The van der Waals surface area contributed by atoms with Crippen molar-refractivity contribution in [1.29, 1.82) is 5.26 Å². The smallest absolute Gasteiger partial charge is 0.379 e. The molecule has 8 nitrogen and oxygen atoms in total. The first-order valence-electron chi connectivity index (χ1n) is 14.3. The Labute approximate surface area is 265 Å². The van der Waals surface area contributed by atoms with E-state index in [-0.39, 0.29) is 23.0 Å². The van der Waals surface area contributed by atoms with Crippen LogP contribution >= 0.6 is 11.6 Å². The van der Waals surface area contributed by atoms with Crippen molar-refractivity contribution in [1.82, 2.24) is 0 Å². The summed E-state index contributed by atoms with van der Waals surface area (Å²) in [6.07, 6.45) is 0. The molecule has 0 bridgehead atoms. The maximum absolute atomic E-state index is 13.1. The predicted octanol–water partition coefficient (Wildman–Crippen LogP) is 8.12. The van der Waals surface area contributed by atoms with Gasteiger partial charge in [-0.05, 0) is 68.3 Å². The molecular weight excluding hydrogens is 592 g/mol. The van der Waals surface area contributed by atoms with E-state index in [9.17, 15) is 10.1 Å². The van der Waals surface area contributed by atoms with E-state index in [2.05, 4.69) is 6.07 Å². The number of nitrogens with zero attached hydrogens (tertiary/aromatic N) is 1. The summed E-state index contributed by atoms with van der Waals surface area (Å²) in [6.45, 7) is 6.49. The van der Waals surface area contributed by atoms with Gasteiger partial charge in [-0.15, -0.1) is 0 Å². The molecule has 6 rings (SSSR count). The molecule has 5 aromatic rings. The highest BCUT2D eigenvalue weighted by molar-refractivity contribution is 6.31. The number of esters is 1. The Hall–Kier alpha value is -5.39. The van der Waals surface area contributed by atoms with Crippen LogP contribution in [-0.4, -0.2) is 12.6 Å². The van der Waals surface area contributed by atoms with E-state index < -0.39 is 11.9 Å². The monoisotopic (exact) mass is 620 g/mol. The normalized spacial score (nSPS) is 14.0. The number of rotatable bonds is 8. The van der Waals surface area contributed by atoms with E-state index in [0.29, 0.717) is 52.2 Å². The molecule has 0 aliphatic carbocycles. The second kappa shape index (κ2) is 12.3. The standard InChI is InChI=1S/C36H29ClN2O6/c1-4-41-32-15-23(9-13-30(32)42-19-22-7-5-20(2)6-8-22)33-26-12-11-25(17-31(26)45-35(39)28(33)18-38)43-36(40)34-21(3)27-16-24(37)10-14-29(27)44-34/h5-17,33H,4,19,39H2,1-3H3. The van der Waals surface area contributed by atoms with Crippen molar-refractivity contribution in [2.45, 2.75) is 33.3 Å². The summed E-state index contributed by atoms with van der Waals surface area (Å²) in [6, 6.07) is 26.0. The van der Waals surface area contributed by atoms with Gasteiger partial charge in [0.2, 0.25) is 11.6 Å². The van der Waals surface area contributed by atoms with Gasteiger partial charge in [-0.3, -0.25) is 0 Å². The molecule has 226 valence electrons. The summed E-state index contributed by atoms with van der Waals surface area (Å²) in [5.74, 6) is 0.496. The molecule has 0 saturated carbocycles. The summed E-state index contributed by atoms with van der Waals surface area (Å²) in [4.78, 5) is 13.1. The number of hydrogen-bond donors (Lipinski definition) is 1.